The van der Waals surface area contributed by atoms with Crippen molar-refractivity contribution < 1.29 is 19.7 Å². The number of hydrogen-bond donors (Lipinski definition) is 3. The van der Waals surface area contributed by atoms with Gasteiger partial charge in [-0.2, -0.15) is 0 Å². The van der Waals surface area contributed by atoms with Gasteiger partial charge in [-0.25, -0.2) is 0 Å². The molecule has 1 saturated heterocycles. The van der Waals surface area contributed by atoms with Crippen LogP contribution in [0.2, 0.25) is 0 Å². The van der Waals surface area contributed by atoms with Crippen molar-refractivity contribution in [3.8, 4) is 11.5 Å². The van der Waals surface area contributed by atoms with Gasteiger partial charge in [-0.15, -0.1) is 0 Å². The molecular formula is C17H17NO4. The quantitative estimate of drug-likeness (QED) is 0.653. The molecule has 5 rings (SSSR count). The van der Waals surface area contributed by atoms with E-state index in [9.17, 15) is 15.0 Å². The highest BCUT2D eigenvalue weighted by Gasteiger charge is 2.69. The molecule has 0 unspecified atom stereocenters. The maximum absolute atomic E-state index is 12.5. The first-order valence-electron chi connectivity index (χ1n) is 7.79. The third-order valence-corrected chi connectivity index (χ3v) is 5.92. The molecule has 2 heterocycles. The molecule has 2 bridgehead atoms. The van der Waals surface area contributed by atoms with Crippen LogP contribution in [0.3, 0.4) is 0 Å². The van der Waals surface area contributed by atoms with E-state index in [1.54, 1.807) is 12.1 Å². The van der Waals surface area contributed by atoms with Gasteiger partial charge in [0.05, 0.1) is 5.41 Å². The third kappa shape index (κ3) is 1.15. The van der Waals surface area contributed by atoms with Gasteiger partial charge < -0.3 is 20.3 Å². The second kappa shape index (κ2) is 3.73. The van der Waals surface area contributed by atoms with Crippen LogP contribution in [0.25, 0.3) is 0 Å². The molecule has 1 aromatic carbocycles. The summed E-state index contributed by atoms with van der Waals surface area (Å²) < 4.78 is 5.90. The summed E-state index contributed by atoms with van der Waals surface area (Å²) in [6.45, 7) is 0.804. The monoisotopic (exact) mass is 299 g/mol. The number of ether oxygens (including phenoxy) is 1. The molecule has 114 valence electrons. The number of phenolic OH excluding ortho intramolecular Hbond substituents is 1. The standard InChI is InChI=1S/C17H17NO4/c19-10-3-2-9-8-12-17(21)6-4-11(20)15-16(17,5-1-7-18-12)13(9)14(10)22-15/h2-4,6,12,15,18-19,21H,1,5,7-8H2/t12-,15+,16+,17-/m1/s1. The number of ketones is 1. The van der Waals surface area contributed by atoms with Gasteiger partial charge in [-0.3, -0.25) is 4.79 Å². The highest BCUT2D eigenvalue weighted by Crippen LogP contribution is 2.62. The SMILES string of the molecule is O=C1C=C[C@@]2(O)[C@H]3Cc4ccc(O)c5c4[C@@]2(CCCN3)[C@H]1O5. The van der Waals surface area contributed by atoms with Crippen LogP contribution in [0.1, 0.15) is 24.0 Å². The number of aromatic hydroxyl groups is 1. The van der Waals surface area contributed by atoms with Crippen LogP contribution >= 0.6 is 0 Å². The van der Waals surface area contributed by atoms with Gasteiger partial charge in [-0.1, -0.05) is 6.07 Å². The van der Waals surface area contributed by atoms with Crippen molar-refractivity contribution >= 4 is 5.78 Å². The smallest absolute Gasteiger partial charge is 0.196 e. The van der Waals surface area contributed by atoms with E-state index >= 15 is 0 Å². The number of nitrogens with one attached hydrogen (secondary N) is 1. The Labute approximate surface area is 127 Å². The average Bonchev–Trinajstić information content (AvgIpc) is 2.83. The Kier molecular flexibility index (Phi) is 2.15. The lowest BCUT2D eigenvalue weighted by atomic mass is 9.53. The predicted molar refractivity (Wildman–Crippen MR) is 78.0 cm³/mol. The zero-order valence-electron chi connectivity index (χ0n) is 12.0. The molecule has 0 amide bonds. The number of carbonyl (C=O) groups is 1. The van der Waals surface area contributed by atoms with E-state index in [0.29, 0.717) is 18.6 Å². The second-order valence-electron chi connectivity index (χ2n) is 6.79. The number of rotatable bonds is 0. The van der Waals surface area contributed by atoms with Crippen molar-refractivity contribution in [2.45, 2.75) is 42.4 Å². The number of carbonyl (C=O) groups excluding carboxylic acids is 1. The molecule has 0 radical (unpaired) electrons. The Balaban J connectivity index is 1.92. The van der Waals surface area contributed by atoms with E-state index in [2.05, 4.69) is 5.32 Å². The number of benzene rings is 1. The first-order chi connectivity index (χ1) is 10.6. The van der Waals surface area contributed by atoms with Gasteiger partial charge in [0.25, 0.3) is 0 Å². The zero-order chi connectivity index (χ0) is 15.1. The first kappa shape index (κ1) is 12.7. The maximum Gasteiger partial charge on any atom is 0.196 e. The van der Waals surface area contributed by atoms with E-state index in [-0.39, 0.29) is 17.6 Å². The molecule has 3 N–H and O–H groups in total. The van der Waals surface area contributed by atoms with Gasteiger partial charge in [0.2, 0.25) is 0 Å². The van der Waals surface area contributed by atoms with E-state index in [1.165, 1.54) is 6.08 Å². The summed E-state index contributed by atoms with van der Waals surface area (Å²) in [6, 6.07) is 3.37. The molecule has 1 aromatic rings. The number of aliphatic hydroxyl groups is 1. The molecule has 4 atom stereocenters. The molecule has 5 nitrogen and oxygen atoms in total. The lowest BCUT2D eigenvalue weighted by molar-refractivity contribution is -0.134. The molecule has 1 fully saturated rings. The predicted octanol–water partition coefficient (Wildman–Crippen LogP) is 0.569. The van der Waals surface area contributed by atoms with E-state index < -0.39 is 17.1 Å². The molecule has 1 spiro atoms. The van der Waals surface area contributed by atoms with Crippen molar-refractivity contribution in [2.75, 3.05) is 6.54 Å². The van der Waals surface area contributed by atoms with Crippen LogP contribution in [-0.4, -0.2) is 40.3 Å². The summed E-state index contributed by atoms with van der Waals surface area (Å²) in [7, 11) is 0. The van der Waals surface area contributed by atoms with Crippen LogP contribution in [0.4, 0.5) is 0 Å². The molecule has 2 aliphatic heterocycles. The zero-order valence-corrected chi connectivity index (χ0v) is 12.0. The Hall–Kier alpha value is -1.85. The topological polar surface area (TPSA) is 78.8 Å². The molecule has 0 aromatic heterocycles. The lowest BCUT2D eigenvalue weighted by Crippen LogP contribution is -2.69. The fourth-order valence-electron chi connectivity index (χ4n) is 5.03. The van der Waals surface area contributed by atoms with Gasteiger partial charge >= 0.3 is 0 Å². The first-order valence-corrected chi connectivity index (χ1v) is 7.79. The molecule has 0 saturated carbocycles. The Bertz CT molecular complexity index is 742. The van der Waals surface area contributed by atoms with Crippen LogP contribution < -0.4 is 10.1 Å². The van der Waals surface area contributed by atoms with Crippen molar-refractivity contribution in [3.63, 3.8) is 0 Å². The average molecular weight is 299 g/mol. The molecule has 2 aliphatic carbocycles. The number of phenols is 1. The van der Waals surface area contributed by atoms with E-state index in [4.69, 9.17) is 4.74 Å². The van der Waals surface area contributed by atoms with Crippen LogP contribution in [0.15, 0.2) is 24.3 Å². The highest BCUT2D eigenvalue weighted by molar-refractivity contribution is 5.98. The normalized spacial score (nSPS) is 40.9. The van der Waals surface area contributed by atoms with Crippen LogP contribution in [0.5, 0.6) is 11.5 Å². The summed E-state index contributed by atoms with van der Waals surface area (Å²) in [5.41, 5.74) is -0.0388. The van der Waals surface area contributed by atoms with Gasteiger partial charge in [0.1, 0.15) is 5.60 Å². The minimum Gasteiger partial charge on any atom is -0.504 e. The fourth-order valence-corrected chi connectivity index (χ4v) is 5.03. The largest absolute Gasteiger partial charge is 0.504 e. The van der Waals surface area contributed by atoms with E-state index in [1.807, 2.05) is 6.07 Å². The third-order valence-electron chi connectivity index (χ3n) is 5.92. The van der Waals surface area contributed by atoms with Gasteiger partial charge in [-0.05, 0) is 49.6 Å². The molecular weight excluding hydrogens is 282 g/mol. The summed E-state index contributed by atoms with van der Waals surface area (Å²) in [6.07, 6.45) is 4.53. The summed E-state index contributed by atoms with van der Waals surface area (Å²) >= 11 is 0. The van der Waals surface area contributed by atoms with Crippen molar-refractivity contribution in [1.82, 2.24) is 5.32 Å². The van der Waals surface area contributed by atoms with Gasteiger partial charge in [0, 0.05) is 11.6 Å². The van der Waals surface area contributed by atoms with Crippen molar-refractivity contribution in [2.24, 2.45) is 0 Å². The minimum absolute atomic E-state index is 0.0494. The van der Waals surface area contributed by atoms with Gasteiger partial charge in [0.15, 0.2) is 23.4 Å². The second-order valence-corrected chi connectivity index (χ2v) is 6.79. The lowest BCUT2D eigenvalue weighted by Gasteiger charge is -2.53. The summed E-state index contributed by atoms with van der Waals surface area (Å²) in [4.78, 5) is 12.5. The highest BCUT2D eigenvalue weighted by atomic mass is 16.5. The maximum atomic E-state index is 12.5. The molecule has 4 aliphatic rings. The van der Waals surface area contributed by atoms with E-state index in [0.717, 1.165) is 24.1 Å². The number of hydrogen-bond acceptors (Lipinski definition) is 5. The summed E-state index contributed by atoms with van der Waals surface area (Å²) in [5, 5.41) is 25.2. The Morgan fingerprint density at radius 3 is 3.09 bits per heavy atom. The van der Waals surface area contributed by atoms with Crippen molar-refractivity contribution in [3.05, 3.63) is 35.4 Å². The Morgan fingerprint density at radius 2 is 2.23 bits per heavy atom. The van der Waals surface area contributed by atoms with Crippen LogP contribution in [0, 0.1) is 0 Å². The van der Waals surface area contributed by atoms with Crippen molar-refractivity contribution in [1.29, 1.82) is 0 Å². The Morgan fingerprint density at radius 1 is 1.36 bits per heavy atom. The van der Waals surface area contributed by atoms with Crippen LogP contribution in [-0.2, 0) is 16.6 Å². The molecule has 5 heteroatoms. The summed E-state index contributed by atoms with van der Waals surface area (Å²) in [5.74, 6) is 0.306. The molecule has 22 heavy (non-hydrogen) atoms. The minimum atomic E-state index is -1.16. The fraction of sp³-hybridized carbons (Fsp3) is 0.471.